The fourth-order valence-corrected chi connectivity index (χ4v) is 2.52. The van der Waals surface area contributed by atoms with Crippen molar-refractivity contribution in [1.82, 2.24) is 4.90 Å². The van der Waals surface area contributed by atoms with Gasteiger partial charge in [0.05, 0.1) is 6.42 Å². The Balaban J connectivity index is 1.99. The van der Waals surface area contributed by atoms with Crippen molar-refractivity contribution in [2.24, 2.45) is 0 Å². The van der Waals surface area contributed by atoms with E-state index in [1.54, 1.807) is 0 Å². The molecule has 1 saturated heterocycles. The summed E-state index contributed by atoms with van der Waals surface area (Å²) >= 11 is 0. The fraction of sp³-hybridized carbons (Fsp3) is 0.438. The summed E-state index contributed by atoms with van der Waals surface area (Å²) in [5.74, 6) is 0.258. The highest BCUT2D eigenvalue weighted by Crippen LogP contribution is 2.18. The average Bonchev–Trinajstić information content (AvgIpc) is 2.40. The predicted octanol–water partition coefficient (Wildman–Crippen LogP) is 3.27. The van der Waals surface area contributed by atoms with Crippen LogP contribution in [0.15, 0.2) is 30.8 Å². The van der Waals surface area contributed by atoms with E-state index in [4.69, 9.17) is 0 Å². The van der Waals surface area contributed by atoms with Crippen molar-refractivity contribution in [3.8, 4) is 0 Å². The van der Waals surface area contributed by atoms with E-state index in [9.17, 15) is 4.79 Å². The second-order valence-corrected chi connectivity index (χ2v) is 5.05. The van der Waals surface area contributed by atoms with E-state index in [1.165, 1.54) is 6.42 Å². The third-order valence-corrected chi connectivity index (χ3v) is 3.69. The Labute approximate surface area is 109 Å². The molecule has 1 fully saturated rings. The summed E-state index contributed by atoms with van der Waals surface area (Å²) in [5.41, 5.74) is 2.18. The zero-order valence-corrected chi connectivity index (χ0v) is 11.1. The molecule has 1 unspecified atom stereocenters. The maximum Gasteiger partial charge on any atom is 0.227 e. The molecule has 18 heavy (non-hydrogen) atoms. The van der Waals surface area contributed by atoms with Gasteiger partial charge in [-0.05, 0) is 37.3 Å². The molecule has 1 heterocycles. The zero-order chi connectivity index (χ0) is 13.0. The highest BCUT2D eigenvalue weighted by atomic mass is 16.2. The van der Waals surface area contributed by atoms with Crippen LogP contribution in [0.25, 0.3) is 6.08 Å². The summed E-state index contributed by atoms with van der Waals surface area (Å²) < 4.78 is 0. The van der Waals surface area contributed by atoms with Crippen molar-refractivity contribution in [3.63, 3.8) is 0 Å². The van der Waals surface area contributed by atoms with Crippen LogP contribution in [0.1, 0.15) is 37.3 Å². The first-order valence-corrected chi connectivity index (χ1v) is 6.71. The van der Waals surface area contributed by atoms with Crippen LogP contribution in [0.3, 0.4) is 0 Å². The van der Waals surface area contributed by atoms with Crippen LogP contribution in [0.4, 0.5) is 0 Å². The van der Waals surface area contributed by atoms with E-state index in [1.807, 2.05) is 35.2 Å². The third kappa shape index (κ3) is 3.00. The molecular formula is C16H21NO. The van der Waals surface area contributed by atoms with Crippen molar-refractivity contribution in [1.29, 1.82) is 0 Å². The number of piperidine rings is 1. The van der Waals surface area contributed by atoms with Gasteiger partial charge in [0.1, 0.15) is 0 Å². The molecule has 1 aliphatic heterocycles. The van der Waals surface area contributed by atoms with E-state index < -0.39 is 0 Å². The smallest absolute Gasteiger partial charge is 0.227 e. The largest absolute Gasteiger partial charge is 0.340 e. The minimum Gasteiger partial charge on any atom is -0.340 e. The summed E-state index contributed by atoms with van der Waals surface area (Å²) in [6.07, 6.45) is 5.87. The average molecular weight is 243 g/mol. The van der Waals surface area contributed by atoms with E-state index in [0.29, 0.717) is 12.5 Å². The van der Waals surface area contributed by atoms with Crippen LogP contribution in [0.2, 0.25) is 0 Å². The lowest BCUT2D eigenvalue weighted by molar-refractivity contribution is -0.133. The van der Waals surface area contributed by atoms with E-state index in [-0.39, 0.29) is 5.91 Å². The minimum absolute atomic E-state index is 0.258. The summed E-state index contributed by atoms with van der Waals surface area (Å²) in [6.45, 7) is 6.80. The quantitative estimate of drug-likeness (QED) is 0.798. The van der Waals surface area contributed by atoms with Crippen LogP contribution in [0, 0.1) is 0 Å². The number of hydrogen-bond donors (Lipinski definition) is 0. The number of carbonyl (C=O) groups is 1. The van der Waals surface area contributed by atoms with Gasteiger partial charge < -0.3 is 4.90 Å². The van der Waals surface area contributed by atoms with Crippen molar-refractivity contribution >= 4 is 12.0 Å². The predicted molar refractivity (Wildman–Crippen MR) is 75.3 cm³/mol. The van der Waals surface area contributed by atoms with Gasteiger partial charge in [-0.25, -0.2) is 0 Å². The summed E-state index contributed by atoms with van der Waals surface area (Å²) in [7, 11) is 0. The van der Waals surface area contributed by atoms with Gasteiger partial charge >= 0.3 is 0 Å². The van der Waals surface area contributed by atoms with Gasteiger partial charge in [0.2, 0.25) is 5.91 Å². The summed E-state index contributed by atoms with van der Waals surface area (Å²) in [5, 5.41) is 0. The van der Waals surface area contributed by atoms with Gasteiger partial charge in [0, 0.05) is 12.6 Å². The highest BCUT2D eigenvalue weighted by Gasteiger charge is 2.22. The first-order valence-electron chi connectivity index (χ1n) is 6.71. The maximum atomic E-state index is 12.2. The Morgan fingerprint density at radius 2 is 2.11 bits per heavy atom. The Hall–Kier alpha value is -1.57. The molecule has 0 radical (unpaired) electrons. The Morgan fingerprint density at radius 1 is 1.39 bits per heavy atom. The standard InChI is InChI=1S/C16H21NO/c1-3-14-7-9-15(10-8-14)12-16(18)17-11-5-4-6-13(17)2/h3,7-10,13H,1,4-6,11-12H2,2H3. The van der Waals surface area contributed by atoms with Crippen LogP contribution in [0.5, 0.6) is 0 Å². The monoisotopic (exact) mass is 243 g/mol. The van der Waals surface area contributed by atoms with Crippen LogP contribution < -0.4 is 0 Å². The Kier molecular flexibility index (Phi) is 4.19. The number of likely N-dealkylation sites (tertiary alicyclic amines) is 1. The first-order chi connectivity index (χ1) is 8.70. The highest BCUT2D eigenvalue weighted by molar-refractivity contribution is 5.79. The molecule has 0 aliphatic carbocycles. The molecule has 0 spiro atoms. The van der Waals surface area contributed by atoms with Crippen LogP contribution in [-0.2, 0) is 11.2 Å². The molecule has 2 nitrogen and oxygen atoms in total. The normalized spacial score (nSPS) is 19.6. The molecule has 1 aromatic rings. The molecular weight excluding hydrogens is 222 g/mol. The molecule has 0 N–H and O–H groups in total. The molecule has 0 saturated carbocycles. The molecule has 1 atom stereocenters. The van der Waals surface area contributed by atoms with Crippen molar-refractivity contribution in [2.75, 3.05) is 6.54 Å². The Bertz CT molecular complexity index is 421. The van der Waals surface area contributed by atoms with Gasteiger partial charge in [-0.1, -0.05) is 36.9 Å². The minimum atomic E-state index is 0.258. The number of nitrogens with zero attached hydrogens (tertiary/aromatic N) is 1. The molecule has 1 amide bonds. The lowest BCUT2D eigenvalue weighted by Gasteiger charge is -2.33. The molecule has 0 aromatic heterocycles. The van der Waals surface area contributed by atoms with Gasteiger partial charge in [-0.15, -0.1) is 0 Å². The summed E-state index contributed by atoms with van der Waals surface area (Å²) in [6, 6.07) is 8.45. The molecule has 0 bridgehead atoms. The Morgan fingerprint density at radius 3 is 2.72 bits per heavy atom. The molecule has 1 aliphatic rings. The second kappa shape index (κ2) is 5.85. The van der Waals surface area contributed by atoms with Crippen molar-refractivity contribution in [2.45, 2.75) is 38.6 Å². The molecule has 1 aromatic carbocycles. The van der Waals surface area contributed by atoms with Gasteiger partial charge in [-0.3, -0.25) is 4.79 Å². The van der Waals surface area contributed by atoms with Crippen LogP contribution >= 0.6 is 0 Å². The van der Waals surface area contributed by atoms with Crippen molar-refractivity contribution in [3.05, 3.63) is 42.0 Å². The maximum absolute atomic E-state index is 12.2. The fourth-order valence-electron chi connectivity index (χ4n) is 2.52. The van der Waals surface area contributed by atoms with E-state index >= 15 is 0 Å². The third-order valence-electron chi connectivity index (χ3n) is 3.69. The topological polar surface area (TPSA) is 20.3 Å². The molecule has 2 heteroatoms. The number of carbonyl (C=O) groups excluding carboxylic acids is 1. The first kappa shape index (κ1) is 12.9. The van der Waals surface area contributed by atoms with Crippen LogP contribution in [-0.4, -0.2) is 23.4 Å². The van der Waals surface area contributed by atoms with Gasteiger partial charge in [-0.2, -0.15) is 0 Å². The van der Waals surface area contributed by atoms with Gasteiger partial charge in [0.25, 0.3) is 0 Å². The number of hydrogen-bond acceptors (Lipinski definition) is 1. The van der Waals surface area contributed by atoms with E-state index in [2.05, 4.69) is 13.5 Å². The number of rotatable bonds is 3. The van der Waals surface area contributed by atoms with E-state index in [0.717, 1.165) is 30.5 Å². The second-order valence-electron chi connectivity index (χ2n) is 5.05. The number of benzene rings is 1. The molecule has 2 rings (SSSR count). The SMILES string of the molecule is C=Cc1ccc(CC(=O)N2CCCCC2C)cc1. The van der Waals surface area contributed by atoms with Crippen molar-refractivity contribution < 1.29 is 4.79 Å². The lowest BCUT2D eigenvalue weighted by Crippen LogP contribution is -2.42. The molecule has 96 valence electrons. The number of amides is 1. The van der Waals surface area contributed by atoms with Gasteiger partial charge in [0.15, 0.2) is 0 Å². The lowest BCUT2D eigenvalue weighted by atomic mass is 10.0. The summed E-state index contributed by atoms with van der Waals surface area (Å²) in [4.78, 5) is 14.3. The zero-order valence-electron chi connectivity index (χ0n) is 11.1.